The van der Waals surface area contributed by atoms with Gasteiger partial charge in [0, 0.05) is 35.5 Å². The van der Waals surface area contributed by atoms with Crippen molar-refractivity contribution in [1.29, 1.82) is 0 Å². The monoisotopic (exact) mass is 457 g/mol. The fourth-order valence-electron chi connectivity index (χ4n) is 3.36. The molecule has 2 unspecified atom stereocenters. The van der Waals surface area contributed by atoms with E-state index in [9.17, 15) is 9.59 Å². The van der Waals surface area contributed by atoms with Crippen LogP contribution in [0.1, 0.15) is 26.3 Å². The highest BCUT2D eigenvalue weighted by Crippen LogP contribution is 2.44. The molecular weight excluding hydrogens is 438 g/mol. The molecule has 3 heterocycles. The molecule has 1 aliphatic heterocycles. The summed E-state index contributed by atoms with van der Waals surface area (Å²) in [7, 11) is 0. The van der Waals surface area contributed by atoms with Crippen LogP contribution < -0.4 is 5.32 Å². The number of thioether (sulfide) groups is 1. The number of nitrogens with zero attached hydrogens (tertiary/aromatic N) is 2. The molecule has 3 aromatic rings. The lowest BCUT2D eigenvalue weighted by atomic mass is 10.1. The fraction of sp³-hybridized carbons (Fsp3) is 0.227. The first-order valence-electron chi connectivity index (χ1n) is 9.55. The van der Waals surface area contributed by atoms with Crippen LogP contribution >= 0.6 is 34.7 Å². The topological polar surface area (TPSA) is 62.3 Å². The Hall–Kier alpha value is -2.35. The first kappa shape index (κ1) is 20.9. The van der Waals surface area contributed by atoms with Gasteiger partial charge in [0.25, 0.3) is 5.91 Å². The second-order valence-electron chi connectivity index (χ2n) is 6.77. The summed E-state index contributed by atoms with van der Waals surface area (Å²) in [5, 5.41) is 5.13. The molecule has 30 heavy (non-hydrogen) atoms. The molecule has 0 saturated carbocycles. The van der Waals surface area contributed by atoms with Crippen LogP contribution in [0.25, 0.3) is 0 Å². The number of carbonyl (C=O) groups is 2. The zero-order valence-electron chi connectivity index (χ0n) is 16.0. The smallest absolute Gasteiger partial charge is 0.257 e. The van der Waals surface area contributed by atoms with Crippen LogP contribution in [-0.2, 0) is 11.2 Å². The minimum atomic E-state index is -0.561. The molecule has 1 fully saturated rings. The molecule has 1 aliphatic rings. The van der Waals surface area contributed by atoms with Gasteiger partial charge in [-0.15, -0.1) is 23.1 Å². The van der Waals surface area contributed by atoms with Crippen LogP contribution in [0, 0.1) is 0 Å². The third-order valence-corrected chi connectivity index (χ3v) is 7.54. The van der Waals surface area contributed by atoms with Crippen molar-refractivity contribution >= 4 is 46.5 Å². The van der Waals surface area contributed by atoms with Crippen LogP contribution in [-0.4, -0.2) is 40.0 Å². The normalized spacial score (nSPS) is 18.4. The number of aromatic nitrogens is 1. The summed E-state index contributed by atoms with van der Waals surface area (Å²) in [6, 6.07) is 16.1. The lowest BCUT2D eigenvalue weighted by Crippen LogP contribution is -2.48. The van der Waals surface area contributed by atoms with Crippen molar-refractivity contribution in [3.8, 4) is 0 Å². The molecule has 2 atom stereocenters. The van der Waals surface area contributed by atoms with E-state index in [-0.39, 0.29) is 17.2 Å². The van der Waals surface area contributed by atoms with Gasteiger partial charge in [-0.05, 0) is 35.7 Å². The molecule has 0 bridgehead atoms. The van der Waals surface area contributed by atoms with E-state index in [0.29, 0.717) is 29.3 Å². The van der Waals surface area contributed by atoms with Gasteiger partial charge in [-0.1, -0.05) is 35.9 Å². The van der Waals surface area contributed by atoms with Gasteiger partial charge in [-0.3, -0.25) is 14.6 Å². The highest BCUT2D eigenvalue weighted by molar-refractivity contribution is 7.99. The van der Waals surface area contributed by atoms with Gasteiger partial charge in [0.2, 0.25) is 5.91 Å². The third kappa shape index (κ3) is 4.53. The molecule has 154 valence electrons. The maximum atomic E-state index is 13.4. The maximum absolute atomic E-state index is 13.4. The van der Waals surface area contributed by atoms with E-state index in [1.807, 2.05) is 35.7 Å². The Morgan fingerprint density at radius 3 is 2.70 bits per heavy atom. The third-order valence-electron chi connectivity index (χ3n) is 4.83. The van der Waals surface area contributed by atoms with E-state index in [0.717, 1.165) is 10.6 Å². The Bertz CT molecular complexity index is 1010. The standard InChI is InChI=1S/C22H20ClN3O2S2/c23-17-8-2-1-7-16(17)21(28)26-18(14-30-22(26)19-9-5-13-29-19)20(27)25-12-10-15-6-3-4-11-24-15/h1-9,11,13,18,22H,10,12,14H2,(H,25,27). The van der Waals surface area contributed by atoms with Gasteiger partial charge in [0.1, 0.15) is 11.4 Å². The number of benzene rings is 1. The molecular formula is C22H20ClN3O2S2. The number of hydrogen-bond acceptors (Lipinski definition) is 5. The highest BCUT2D eigenvalue weighted by Gasteiger charge is 2.43. The SMILES string of the molecule is O=C(NCCc1ccccn1)C1CSC(c2cccs2)N1C(=O)c1ccccc1Cl. The van der Waals surface area contributed by atoms with E-state index in [1.165, 1.54) is 0 Å². The molecule has 8 heteroatoms. The number of thiophene rings is 1. The van der Waals surface area contributed by atoms with Crippen molar-refractivity contribution in [2.45, 2.75) is 17.8 Å². The molecule has 0 spiro atoms. The Morgan fingerprint density at radius 1 is 1.13 bits per heavy atom. The summed E-state index contributed by atoms with van der Waals surface area (Å²) in [6.07, 6.45) is 2.37. The molecule has 0 radical (unpaired) electrons. The minimum Gasteiger partial charge on any atom is -0.354 e. The van der Waals surface area contributed by atoms with E-state index >= 15 is 0 Å². The summed E-state index contributed by atoms with van der Waals surface area (Å²) in [5.41, 5.74) is 1.33. The number of pyridine rings is 1. The largest absolute Gasteiger partial charge is 0.354 e. The molecule has 1 N–H and O–H groups in total. The molecule has 1 aromatic carbocycles. The van der Waals surface area contributed by atoms with Gasteiger partial charge >= 0.3 is 0 Å². The molecule has 0 aliphatic carbocycles. The predicted molar refractivity (Wildman–Crippen MR) is 122 cm³/mol. The highest BCUT2D eigenvalue weighted by atomic mass is 35.5. The van der Waals surface area contributed by atoms with Crippen LogP contribution in [0.4, 0.5) is 0 Å². The van der Waals surface area contributed by atoms with Crippen LogP contribution in [0.2, 0.25) is 5.02 Å². The van der Waals surface area contributed by atoms with Crippen molar-refractivity contribution in [2.24, 2.45) is 0 Å². The van der Waals surface area contributed by atoms with E-state index in [2.05, 4.69) is 10.3 Å². The summed E-state index contributed by atoms with van der Waals surface area (Å²) < 4.78 is 0. The average molecular weight is 458 g/mol. The molecule has 1 saturated heterocycles. The summed E-state index contributed by atoms with van der Waals surface area (Å²) in [5.74, 6) is 0.153. The number of nitrogens with one attached hydrogen (secondary N) is 1. The summed E-state index contributed by atoms with van der Waals surface area (Å²) in [4.78, 5) is 33.4. The van der Waals surface area contributed by atoms with Gasteiger partial charge in [0.15, 0.2) is 0 Å². The first-order valence-corrected chi connectivity index (χ1v) is 11.9. The van der Waals surface area contributed by atoms with Crippen molar-refractivity contribution in [3.63, 3.8) is 0 Å². The van der Waals surface area contributed by atoms with E-state index in [1.54, 1.807) is 58.5 Å². The lowest BCUT2D eigenvalue weighted by Gasteiger charge is -2.28. The van der Waals surface area contributed by atoms with E-state index < -0.39 is 6.04 Å². The zero-order valence-corrected chi connectivity index (χ0v) is 18.4. The molecule has 2 aromatic heterocycles. The summed E-state index contributed by atoms with van der Waals surface area (Å²) in [6.45, 7) is 0.467. The van der Waals surface area contributed by atoms with Crippen molar-refractivity contribution in [2.75, 3.05) is 12.3 Å². The van der Waals surface area contributed by atoms with Crippen molar-refractivity contribution in [1.82, 2.24) is 15.2 Å². The zero-order chi connectivity index (χ0) is 20.9. The van der Waals surface area contributed by atoms with Gasteiger partial charge in [0.05, 0.1) is 10.6 Å². The molecule has 2 amide bonds. The number of hydrogen-bond donors (Lipinski definition) is 1. The van der Waals surface area contributed by atoms with Gasteiger partial charge < -0.3 is 10.2 Å². The van der Waals surface area contributed by atoms with Crippen molar-refractivity contribution < 1.29 is 9.59 Å². The quantitative estimate of drug-likeness (QED) is 0.595. The number of amides is 2. The second kappa shape index (κ2) is 9.64. The molecule has 5 nitrogen and oxygen atoms in total. The fourth-order valence-corrected chi connectivity index (χ4v) is 5.97. The first-order chi connectivity index (χ1) is 14.6. The van der Waals surface area contributed by atoms with Gasteiger partial charge in [-0.25, -0.2) is 0 Å². The van der Waals surface area contributed by atoms with Crippen LogP contribution in [0.3, 0.4) is 0 Å². The second-order valence-corrected chi connectivity index (χ2v) is 9.27. The van der Waals surface area contributed by atoms with Crippen molar-refractivity contribution in [3.05, 3.63) is 87.3 Å². The van der Waals surface area contributed by atoms with Crippen LogP contribution in [0.15, 0.2) is 66.2 Å². The molecule has 4 rings (SSSR count). The number of carbonyl (C=O) groups excluding carboxylic acids is 2. The predicted octanol–water partition coefficient (Wildman–Crippen LogP) is 4.41. The Kier molecular flexibility index (Phi) is 6.72. The number of halogens is 1. The number of rotatable bonds is 6. The minimum absolute atomic E-state index is 0.155. The lowest BCUT2D eigenvalue weighted by molar-refractivity contribution is -0.124. The average Bonchev–Trinajstić information content (AvgIpc) is 3.44. The van der Waals surface area contributed by atoms with Crippen LogP contribution in [0.5, 0.6) is 0 Å². The summed E-state index contributed by atoms with van der Waals surface area (Å²) >= 11 is 9.47. The van der Waals surface area contributed by atoms with E-state index in [4.69, 9.17) is 11.6 Å². The van der Waals surface area contributed by atoms with Gasteiger partial charge in [-0.2, -0.15) is 0 Å². The maximum Gasteiger partial charge on any atom is 0.257 e. The Balaban J connectivity index is 1.52. The Labute approximate surface area is 188 Å². The Morgan fingerprint density at radius 2 is 1.97 bits per heavy atom.